The number of para-hydroxylation sites is 1. The van der Waals surface area contributed by atoms with Crippen LogP contribution >= 0.6 is 0 Å². The Labute approximate surface area is 248 Å². The van der Waals surface area contributed by atoms with E-state index in [9.17, 15) is 19.5 Å². The number of benzene rings is 2. The maximum atomic E-state index is 13.8. The molecule has 9 heteroatoms. The predicted molar refractivity (Wildman–Crippen MR) is 159 cm³/mol. The maximum Gasteiger partial charge on any atom is 0.514 e. The number of ether oxygens (including phenoxy) is 2. The Hall–Kier alpha value is -4.50. The maximum absolute atomic E-state index is 13.8. The van der Waals surface area contributed by atoms with Gasteiger partial charge in [-0.2, -0.15) is 0 Å². The van der Waals surface area contributed by atoms with Crippen molar-refractivity contribution in [2.75, 3.05) is 7.11 Å². The molecule has 43 heavy (non-hydrogen) atoms. The molecule has 2 aromatic heterocycles. The number of methoxy groups -OCH3 is 1. The summed E-state index contributed by atoms with van der Waals surface area (Å²) < 4.78 is 12.1. The van der Waals surface area contributed by atoms with E-state index in [0.717, 1.165) is 37.7 Å². The van der Waals surface area contributed by atoms with Crippen molar-refractivity contribution >= 4 is 23.1 Å². The monoisotopic (exact) mass is 579 g/mol. The van der Waals surface area contributed by atoms with E-state index in [-0.39, 0.29) is 35.2 Å². The largest absolute Gasteiger partial charge is 0.514 e. The Kier molecular flexibility index (Phi) is 6.77. The first kappa shape index (κ1) is 27.3. The number of pyridine rings is 2. The minimum absolute atomic E-state index is 0.0274. The third kappa shape index (κ3) is 4.97. The SMILES string of the molecule is COC(=O)Oc1c(Cc2ccc(C(=O)N[C@@H]3[C@@H]4C[C@@H]5C[C@H]3C[C@](O)(C5)C4)cc2)c(=O)c2cccnc2n1-c1ccccc1. The number of hydrogen-bond acceptors (Lipinski definition) is 7. The molecule has 4 aliphatic carbocycles. The van der Waals surface area contributed by atoms with Gasteiger partial charge in [0.25, 0.3) is 5.91 Å². The van der Waals surface area contributed by atoms with Crippen molar-refractivity contribution in [2.45, 2.75) is 50.2 Å². The first-order valence-corrected chi connectivity index (χ1v) is 14.8. The molecular formula is C34H33N3O6. The second-order valence-electron chi connectivity index (χ2n) is 12.3. The third-order valence-corrected chi connectivity index (χ3v) is 9.48. The summed E-state index contributed by atoms with van der Waals surface area (Å²) in [5.41, 5.74) is 1.72. The van der Waals surface area contributed by atoms with E-state index in [0.29, 0.717) is 40.0 Å². The number of nitrogens with zero attached hydrogens (tertiary/aromatic N) is 2. The average molecular weight is 580 g/mol. The van der Waals surface area contributed by atoms with Crippen LogP contribution in [-0.2, 0) is 11.2 Å². The minimum Gasteiger partial charge on any atom is -0.437 e. The summed E-state index contributed by atoms with van der Waals surface area (Å²) in [6, 6.07) is 19.9. The highest BCUT2D eigenvalue weighted by Crippen LogP contribution is 2.55. The molecule has 0 spiro atoms. The number of rotatable bonds is 6. The van der Waals surface area contributed by atoms with E-state index in [4.69, 9.17) is 9.47 Å². The molecule has 4 aromatic rings. The highest BCUT2D eigenvalue weighted by molar-refractivity contribution is 5.94. The number of carbonyl (C=O) groups excluding carboxylic acids is 2. The van der Waals surface area contributed by atoms with Crippen molar-refractivity contribution < 1.29 is 24.2 Å². The van der Waals surface area contributed by atoms with E-state index in [1.54, 1.807) is 35.0 Å². The van der Waals surface area contributed by atoms with Gasteiger partial charge in [0.05, 0.1) is 29.3 Å². The molecule has 4 saturated carbocycles. The molecule has 4 aliphatic rings. The minimum atomic E-state index is -0.954. The molecule has 0 saturated heterocycles. The lowest BCUT2D eigenvalue weighted by molar-refractivity contribution is -0.136. The van der Waals surface area contributed by atoms with Crippen LogP contribution in [0.3, 0.4) is 0 Å². The molecule has 4 bridgehead atoms. The fourth-order valence-corrected chi connectivity index (χ4v) is 7.87. The lowest BCUT2D eigenvalue weighted by Gasteiger charge is -2.58. The second kappa shape index (κ2) is 10.6. The molecule has 2 aromatic carbocycles. The first-order chi connectivity index (χ1) is 20.8. The van der Waals surface area contributed by atoms with Crippen LogP contribution in [0.15, 0.2) is 77.7 Å². The number of carbonyl (C=O) groups is 2. The Morgan fingerprint density at radius 2 is 1.72 bits per heavy atom. The van der Waals surface area contributed by atoms with Crippen molar-refractivity contribution in [1.29, 1.82) is 0 Å². The summed E-state index contributed by atoms with van der Waals surface area (Å²) in [5.74, 6) is 1.11. The van der Waals surface area contributed by atoms with Gasteiger partial charge < -0.3 is 19.9 Å². The van der Waals surface area contributed by atoms with Gasteiger partial charge in [-0.15, -0.1) is 0 Å². The van der Waals surface area contributed by atoms with E-state index in [1.165, 1.54) is 7.11 Å². The molecule has 8 rings (SSSR count). The lowest BCUT2D eigenvalue weighted by atomic mass is 9.52. The van der Waals surface area contributed by atoms with Crippen LogP contribution in [-0.4, -0.2) is 45.5 Å². The molecular weight excluding hydrogens is 546 g/mol. The van der Waals surface area contributed by atoms with Gasteiger partial charge in [-0.25, -0.2) is 9.78 Å². The number of hydrogen-bond donors (Lipinski definition) is 2. The van der Waals surface area contributed by atoms with Crippen molar-refractivity contribution in [2.24, 2.45) is 17.8 Å². The van der Waals surface area contributed by atoms with Gasteiger partial charge in [-0.3, -0.25) is 14.2 Å². The normalized spacial score (nSPS) is 25.4. The Balaban J connectivity index is 1.19. The van der Waals surface area contributed by atoms with Gasteiger partial charge in [0.1, 0.15) is 0 Å². The van der Waals surface area contributed by atoms with Gasteiger partial charge in [0.15, 0.2) is 11.1 Å². The molecule has 2 N–H and O–H groups in total. The highest BCUT2D eigenvalue weighted by Gasteiger charge is 2.55. The second-order valence-corrected chi connectivity index (χ2v) is 12.3. The molecule has 0 unspecified atom stereocenters. The van der Waals surface area contributed by atoms with Crippen LogP contribution in [0.4, 0.5) is 4.79 Å². The van der Waals surface area contributed by atoms with Gasteiger partial charge >= 0.3 is 6.16 Å². The molecule has 4 fully saturated rings. The van der Waals surface area contributed by atoms with Gasteiger partial charge in [0, 0.05) is 24.2 Å². The smallest absolute Gasteiger partial charge is 0.437 e. The molecule has 0 aliphatic heterocycles. The summed E-state index contributed by atoms with van der Waals surface area (Å²) in [7, 11) is 1.21. The summed E-state index contributed by atoms with van der Waals surface area (Å²) in [4.78, 5) is 43.9. The standard InChI is InChI=1S/C34H33N3O6/c1-42-33(40)43-32-27(29(38)26-8-5-13-35-30(26)37(32)25-6-3-2-4-7-25)16-20-9-11-22(12-10-20)31(39)36-28-23-14-21-15-24(28)19-34(41,17-21)18-23/h2-13,21,23-24,28,41H,14-19H2,1H3,(H,36,39)/t21-,23-,24+,28-,34+. The zero-order chi connectivity index (χ0) is 29.7. The number of fused-ring (bicyclic) bond motifs is 1. The van der Waals surface area contributed by atoms with Crippen LogP contribution in [0.2, 0.25) is 0 Å². The molecule has 2 heterocycles. The first-order valence-electron chi connectivity index (χ1n) is 14.8. The Morgan fingerprint density at radius 1 is 1.00 bits per heavy atom. The van der Waals surface area contributed by atoms with Crippen molar-refractivity contribution in [1.82, 2.24) is 14.9 Å². The van der Waals surface area contributed by atoms with E-state index in [1.807, 2.05) is 42.5 Å². The predicted octanol–water partition coefficient (Wildman–Crippen LogP) is 4.79. The quantitative estimate of drug-likeness (QED) is 0.315. The fraction of sp³-hybridized carbons (Fsp3) is 0.353. The highest BCUT2D eigenvalue weighted by atomic mass is 16.7. The van der Waals surface area contributed by atoms with Crippen LogP contribution in [0.25, 0.3) is 16.7 Å². The van der Waals surface area contributed by atoms with Gasteiger partial charge in [0.2, 0.25) is 5.88 Å². The number of amides is 1. The summed E-state index contributed by atoms with van der Waals surface area (Å²) in [6.07, 6.45) is 5.35. The molecule has 1 amide bonds. The van der Waals surface area contributed by atoms with Crippen LogP contribution in [0.1, 0.15) is 53.6 Å². The van der Waals surface area contributed by atoms with Crippen LogP contribution in [0, 0.1) is 17.8 Å². The van der Waals surface area contributed by atoms with Crippen molar-refractivity contribution in [3.63, 3.8) is 0 Å². The fourth-order valence-electron chi connectivity index (χ4n) is 7.87. The lowest BCUT2D eigenvalue weighted by Crippen LogP contribution is -2.61. The summed E-state index contributed by atoms with van der Waals surface area (Å²) in [6.45, 7) is 0. The Morgan fingerprint density at radius 3 is 2.40 bits per heavy atom. The van der Waals surface area contributed by atoms with Crippen LogP contribution < -0.4 is 15.5 Å². The average Bonchev–Trinajstić information content (AvgIpc) is 3.01. The van der Waals surface area contributed by atoms with E-state index in [2.05, 4.69) is 10.3 Å². The summed E-state index contributed by atoms with van der Waals surface area (Å²) >= 11 is 0. The third-order valence-electron chi connectivity index (χ3n) is 9.48. The number of nitrogens with one attached hydrogen (secondary N) is 1. The Bertz CT molecular complexity index is 1750. The van der Waals surface area contributed by atoms with Crippen molar-refractivity contribution in [3.8, 4) is 11.6 Å². The van der Waals surface area contributed by atoms with Crippen molar-refractivity contribution in [3.05, 3.63) is 99.8 Å². The number of aromatic nitrogens is 2. The molecule has 220 valence electrons. The number of aliphatic hydroxyl groups is 1. The van der Waals surface area contributed by atoms with Gasteiger partial charge in [-0.1, -0.05) is 30.3 Å². The summed E-state index contributed by atoms with van der Waals surface area (Å²) in [5, 5.41) is 14.5. The molecule has 9 nitrogen and oxygen atoms in total. The zero-order valence-corrected chi connectivity index (χ0v) is 23.9. The zero-order valence-electron chi connectivity index (χ0n) is 23.9. The topological polar surface area (TPSA) is 120 Å². The van der Waals surface area contributed by atoms with Gasteiger partial charge in [-0.05, 0) is 91.8 Å². The van der Waals surface area contributed by atoms with Crippen LogP contribution in [0.5, 0.6) is 5.88 Å². The molecule has 0 radical (unpaired) electrons. The van der Waals surface area contributed by atoms with E-state index >= 15 is 0 Å². The molecule has 5 atom stereocenters. The van der Waals surface area contributed by atoms with E-state index < -0.39 is 11.8 Å².